The van der Waals surface area contributed by atoms with E-state index in [-0.39, 0.29) is 17.4 Å². The summed E-state index contributed by atoms with van der Waals surface area (Å²) >= 11 is 0. The van der Waals surface area contributed by atoms with E-state index in [1.54, 1.807) is 32.2 Å². The number of para-hydroxylation sites is 1. The first-order chi connectivity index (χ1) is 20.8. The molecule has 1 fully saturated rings. The lowest BCUT2D eigenvalue weighted by atomic mass is 9.98. The number of piperazine rings is 1. The van der Waals surface area contributed by atoms with Gasteiger partial charge in [0, 0.05) is 61.7 Å². The summed E-state index contributed by atoms with van der Waals surface area (Å²) in [5.74, 6) is 0.953. The summed E-state index contributed by atoms with van der Waals surface area (Å²) in [5, 5.41) is 3.96. The van der Waals surface area contributed by atoms with Crippen LogP contribution in [0.15, 0.2) is 63.9 Å². The van der Waals surface area contributed by atoms with Crippen LogP contribution in [-0.4, -0.2) is 53.5 Å². The average Bonchev–Trinajstić information content (AvgIpc) is 2.98. The van der Waals surface area contributed by atoms with E-state index >= 15 is 0 Å². The molecule has 1 saturated heterocycles. The number of fused-ring (bicyclic) bond motifs is 1. The van der Waals surface area contributed by atoms with Crippen molar-refractivity contribution in [3.05, 3.63) is 87.2 Å². The van der Waals surface area contributed by atoms with Crippen LogP contribution in [0.1, 0.15) is 67.7 Å². The number of anilines is 2. The third-order valence-electron chi connectivity index (χ3n) is 7.84. The predicted molar refractivity (Wildman–Crippen MR) is 173 cm³/mol. The quantitative estimate of drug-likeness (QED) is 0.260. The van der Waals surface area contributed by atoms with E-state index in [9.17, 15) is 14.4 Å². The van der Waals surface area contributed by atoms with Crippen molar-refractivity contribution >= 4 is 34.4 Å². The molecule has 0 aliphatic carbocycles. The van der Waals surface area contributed by atoms with Gasteiger partial charge in [-0.25, -0.2) is 9.78 Å². The highest BCUT2D eigenvalue weighted by Gasteiger charge is 2.24. The van der Waals surface area contributed by atoms with Gasteiger partial charge in [-0.2, -0.15) is 0 Å². The van der Waals surface area contributed by atoms with Gasteiger partial charge < -0.3 is 24.3 Å². The Labute approximate surface area is 257 Å². The van der Waals surface area contributed by atoms with Crippen LogP contribution in [0.4, 0.5) is 11.5 Å². The molecule has 2 aromatic carbocycles. The van der Waals surface area contributed by atoms with E-state index in [1.165, 1.54) is 0 Å². The van der Waals surface area contributed by atoms with Crippen molar-refractivity contribution in [1.82, 2.24) is 9.88 Å². The summed E-state index contributed by atoms with van der Waals surface area (Å²) < 4.78 is 12.2. The number of aromatic nitrogens is 1. The van der Waals surface area contributed by atoms with Gasteiger partial charge in [-0.1, -0.05) is 18.2 Å². The number of esters is 1. The van der Waals surface area contributed by atoms with Gasteiger partial charge in [-0.05, 0) is 77.4 Å². The molecule has 1 aliphatic heterocycles. The van der Waals surface area contributed by atoms with Gasteiger partial charge >= 0.3 is 5.97 Å². The molecule has 0 radical (unpaired) electrons. The second kappa shape index (κ2) is 12.1. The minimum Gasteiger partial charge on any atom is -0.456 e. The number of ether oxygens (including phenoxy) is 1. The number of nitrogens with zero attached hydrogens (tertiary/aromatic N) is 3. The number of hydrogen-bond donors (Lipinski definition) is 1. The molecule has 4 aromatic rings. The fraction of sp³-hybridized carbons (Fsp3) is 0.371. The number of amides is 1. The van der Waals surface area contributed by atoms with E-state index in [4.69, 9.17) is 9.15 Å². The first-order valence-electron chi connectivity index (χ1n) is 15.0. The molecule has 2 aromatic heterocycles. The standard InChI is InChI=1S/C35H40N4O5/c1-21-18-27(23(3)37-29-11-9-8-10-26(29)34(42)44-35(5,6)7)33-28(19-21)31(41)22(2)32(43-33)25-12-13-30(36-20-25)39-16-14-38(15-17-39)24(4)40/h8-13,18-20,23,37H,14-17H2,1-7H3/t23-/m1/s1. The second-order valence-electron chi connectivity index (χ2n) is 12.4. The largest absolute Gasteiger partial charge is 0.456 e. The molecule has 1 amide bonds. The lowest BCUT2D eigenvalue weighted by Crippen LogP contribution is -2.48. The van der Waals surface area contributed by atoms with Crippen LogP contribution in [0.2, 0.25) is 0 Å². The SMILES string of the molecule is CC(=O)N1CCN(c2ccc(-c3oc4c([C@@H](C)Nc5ccccc5C(=O)OC(C)(C)C)cc(C)cc4c(=O)c3C)cn2)CC1. The summed E-state index contributed by atoms with van der Waals surface area (Å²) in [6.07, 6.45) is 1.73. The molecule has 0 bridgehead atoms. The van der Waals surface area contributed by atoms with Crippen molar-refractivity contribution in [2.24, 2.45) is 0 Å². The Morgan fingerprint density at radius 2 is 1.73 bits per heavy atom. The molecule has 3 heterocycles. The summed E-state index contributed by atoms with van der Waals surface area (Å²) in [6.45, 7) is 15.5. The van der Waals surface area contributed by atoms with Crippen LogP contribution in [0.5, 0.6) is 0 Å². The van der Waals surface area contributed by atoms with E-state index in [0.29, 0.717) is 65.3 Å². The zero-order chi connectivity index (χ0) is 31.8. The van der Waals surface area contributed by atoms with Crippen molar-refractivity contribution in [3.8, 4) is 11.3 Å². The minimum absolute atomic E-state index is 0.0843. The van der Waals surface area contributed by atoms with Gasteiger partial charge in [0.2, 0.25) is 5.91 Å². The van der Waals surface area contributed by atoms with Gasteiger partial charge in [-0.15, -0.1) is 0 Å². The molecule has 5 rings (SSSR count). The zero-order valence-electron chi connectivity index (χ0n) is 26.5. The number of carbonyl (C=O) groups excluding carboxylic acids is 2. The molecule has 1 aliphatic rings. The highest BCUT2D eigenvalue weighted by Crippen LogP contribution is 2.33. The summed E-state index contributed by atoms with van der Waals surface area (Å²) in [5.41, 5.74) is 3.75. The topological polar surface area (TPSA) is 105 Å². The maximum Gasteiger partial charge on any atom is 0.340 e. The van der Waals surface area contributed by atoms with E-state index in [0.717, 1.165) is 16.9 Å². The van der Waals surface area contributed by atoms with E-state index in [1.807, 2.05) is 75.9 Å². The molecule has 0 saturated carbocycles. The Morgan fingerprint density at radius 3 is 2.36 bits per heavy atom. The highest BCUT2D eigenvalue weighted by molar-refractivity contribution is 5.96. The molecule has 0 spiro atoms. The Hall–Kier alpha value is -4.66. The average molecular weight is 597 g/mol. The molecule has 9 heteroatoms. The van der Waals surface area contributed by atoms with Crippen LogP contribution < -0.4 is 15.6 Å². The number of carbonyl (C=O) groups is 2. The van der Waals surface area contributed by atoms with Crippen molar-refractivity contribution < 1.29 is 18.7 Å². The Kier molecular flexibility index (Phi) is 8.50. The van der Waals surface area contributed by atoms with E-state index < -0.39 is 11.6 Å². The Morgan fingerprint density at radius 1 is 1.02 bits per heavy atom. The first kappa shape index (κ1) is 30.8. The predicted octanol–water partition coefficient (Wildman–Crippen LogP) is 6.27. The molecule has 1 atom stereocenters. The fourth-order valence-corrected chi connectivity index (χ4v) is 5.55. The number of nitrogens with one attached hydrogen (secondary N) is 1. The Bertz CT molecular complexity index is 1760. The van der Waals surface area contributed by atoms with Gasteiger partial charge in [0.1, 0.15) is 22.8 Å². The highest BCUT2D eigenvalue weighted by atomic mass is 16.6. The number of aryl methyl sites for hydroxylation is 1. The maximum atomic E-state index is 13.7. The number of pyridine rings is 1. The maximum absolute atomic E-state index is 13.7. The number of benzene rings is 2. The minimum atomic E-state index is -0.627. The van der Waals surface area contributed by atoms with Gasteiger partial charge in [-0.3, -0.25) is 9.59 Å². The molecule has 0 unspecified atom stereocenters. The zero-order valence-corrected chi connectivity index (χ0v) is 26.5. The van der Waals surface area contributed by atoms with Crippen molar-refractivity contribution in [1.29, 1.82) is 0 Å². The van der Waals surface area contributed by atoms with Crippen LogP contribution in [0, 0.1) is 13.8 Å². The second-order valence-corrected chi connectivity index (χ2v) is 12.4. The molecule has 1 N–H and O–H groups in total. The van der Waals surface area contributed by atoms with Crippen LogP contribution in [-0.2, 0) is 9.53 Å². The van der Waals surface area contributed by atoms with Gasteiger partial charge in [0.25, 0.3) is 0 Å². The normalized spacial score (nSPS) is 14.4. The monoisotopic (exact) mass is 596 g/mol. The molecule has 230 valence electrons. The lowest BCUT2D eigenvalue weighted by molar-refractivity contribution is -0.129. The van der Waals surface area contributed by atoms with Crippen molar-refractivity contribution in [3.63, 3.8) is 0 Å². The lowest BCUT2D eigenvalue weighted by Gasteiger charge is -2.34. The van der Waals surface area contributed by atoms with Gasteiger partial charge in [0.05, 0.1) is 17.0 Å². The smallest absolute Gasteiger partial charge is 0.340 e. The van der Waals surface area contributed by atoms with E-state index in [2.05, 4.69) is 15.2 Å². The molecular formula is C35H40N4O5. The number of hydrogen-bond acceptors (Lipinski definition) is 8. The fourth-order valence-electron chi connectivity index (χ4n) is 5.55. The van der Waals surface area contributed by atoms with Crippen molar-refractivity contribution in [2.45, 2.75) is 60.1 Å². The third kappa shape index (κ3) is 6.46. The van der Waals surface area contributed by atoms with Crippen LogP contribution in [0.3, 0.4) is 0 Å². The van der Waals surface area contributed by atoms with Crippen LogP contribution >= 0.6 is 0 Å². The van der Waals surface area contributed by atoms with Gasteiger partial charge in [0.15, 0.2) is 5.43 Å². The van der Waals surface area contributed by atoms with Crippen LogP contribution in [0.25, 0.3) is 22.3 Å². The summed E-state index contributed by atoms with van der Waals surface area (Å²) in [7, 11) is 0. The first-order valence-corrected chi connectivity index (χ1v) is 15.0. The molecular weight excluding hydrogens is 556 g/mol. The summed E-state index contributed by atoms with van der Waals surface area (Å²) in [6, 6.07) is 14.6. The third-order valence-corrected chi connectivity index (χ3v) is 7.84. The summed E-state index contributed by atoms with van der Waals surface area (Å²) in [4.78, 5) is 47.0. The van der Waals surface area contributed by atoms with Crippen molar-refractivity contribution in [2.75, 3.05) is 36.4 Å². The molecule has 44 heavy (non-hydrogen) atoms. The Balaban J connectivity index is 1.48. The molecule has 9 nitrogen and oxygen atoms in total. The number of rotatable bonds is 6.